The third kappa shape index (κ3) is 9.84. The van der Waals surface area contributed by atoms with Crippen molar-refractivity contribution in [3.63, 3.8) is 0 Å². The third-order valence-corrected chi connectivity index (χ3v) is 7.37. The van der Waals surface area contributed by atoms with E-state index in [0.29, 0.717) is 64.2 Å². The van der Waals surface area contributed by atoms with E-state index in [1.54, 1.807) is 21.3 Å². The highest BCUT2D eigenvalue weighted by Gasteiger charge is 2.34. The number of hydrogen-bond acceptors (Lipinski definition) is 9. The fraction of sp³-hybridized carbons (Fsp3) is 0.471. The normalized spacial score (nSPS) is 18.3. The van der Waals surface area contributed by atoms with Crippen molar-refractivity contribution >= 4 is 0 Å². The Labute approximate surface area is 255 Å². The van der Waals surface area contributed by atoms with Crippen LogP contribution in [0.2, 0.25) is 0 Å². The zero-order valence-electron chi connectivity index (χ0n) is 25.5. The molecular formula is C34H45NO8. The van der Waals surface area contributed by atoms with E-state index in [1.165, 1.54) is 0 Å². The van der Waals surface area contributed by atoms with Crippen LogP contribution in [0, 0.1) is 0 Å². The van der Waals surface area contributed by atoms with Gasteiger partial charge in [0.15, 0.2) is 11.5 Å². The van der Waals surface area contributed by atoms with Crippen LogP contribution in [0.4, 0.5) is 0 Å². The summed E-state index contributed by atoms with van der Waals surface area (Å²) in [6.45, 7) is 4.35. The number of ether oxygens (including phenoxy) is 7. The largest absolute Gasteiger partial charge is 0.496 e. The van der Waals surface area contributed by atoms with Crippen LogP contribution in [0.3, 0.4) is 0 Å². The molecule has 0 spiro atoms. The van der Waals surface area contributed by atoms with Gasteiger partial charge < -0.3 is 43.6 Å². The molecular weight excluding hydrogens is 550 g/mol. The molecule has 2 N–H and O–H groups in total. The van der Waals surface area contributed by atoms with Crippen molar-refractivity contribution in [2.45, 2.75) is 44.2 Å². The standard InChI is InChI=1S/C34H45NO8/c1-37-16-6-19-42-32-20-25(10-15-31(32)39-3)23-43-33-22-35-21-29(36)34(33)26-11-13-28(14-12-26)41-18-7-17-40-24-27-8-4-5-9-30(27)38-2/h4-5,8-15,20,29,33-36H,6-7,16-19,21-24H2,1-3H3/t29-,33+,34+/m1/s1. The molecule has 43 heavy (non-hydrogen) atoms. The van der Waals surface area contributed by atoms with Crippen LogP contribution in [0.15, 0.2) is 66.7 Å². The number of rotatable bonds is 18. The van der Waals surface area contributed by atoms with E-state index in [4.69, 9.17) is 33.2 Å². The van der Waals surface area contributed by atoms with Crippen molar-refractivity contribution < 1.29 is 38.3 Å². The molecule has 0 saturated carbocycles. The predicted molar refractivity (Wildman–Crippen MR) is 164 cm³/mol. The van der Waals surface area contributed by atoms with Gasteiger partial charge in [-0.25, -0.2) is 0 Å². The summed E-state index contributed by atoms with van der Waals surface area (Å²) in [5, 5.41) is 14.2. The summed E-state index contributed by atoms with van der Waals surface area (Å²) >= 11 is 0. The maximum Gasteiger partial charge on any atom is 0.161 e. The highest BCUT2D eigenvalue weighted by molar-refractivity contribution is 5.43. The lowest BCUT2D eigenvalue weighted by Gasteiger charge is -2.36. The quantitative estimate of drug-likeness (QED) is 0.202. The van der Waals surface area contributed by atoms with Gasteiger partial charge in [0.25, 0.3) is 0 Å². The second-order valence-corrected chi connectivity index (χ2v) is 10.4. The number of aliphatic hydroxyl groups is 1. The molecule has 0 aromatic heterocycles. The molecule has 3 aromatic carbocycles. The van der Waals surface area contributed by atoms with Crippen molar-refractivity contribution in [2.24, 2.45) is 0 Å². The smallest absolute Gasteiger partial charge is 0.161 e. The molecule has 1 saturated heterocycles. The summed E-state index contributed by atoms with van der Waals surface area (Å²) in [7, 11) is 4.97. The molecule has 3 atom stereocenters. The summed E-state index contributed by atoms with van der Waals surface area (Å²) < 4.78 is 39.9. The van der Waals surface area contributed by atoms with E-state index >= 15 is 0 Å². The zero-order chi connectivity index (χ0) is 30.3. The van der Waals surface area contributed by atoms with E-state index in [1.807, 2.05) is 66.7 Å². The fourth-order valence-corrected chi connectivity index (χ4v) is 5.13. The Bertz CT molecular complexity index is 1220. The fourth-order valence-electron chi connectivity index (χ4n) is 5.13. The van der Waals surface area contributed by atoms with Gasteiger partial charge in [0.2, 0.25) is 0 Å². The van der Waals surface area contributed by atoms with Gasteiger partial charge in [-0.3, -0.25) is 0 Å². The van der Waals surface area contributed by atoms with Crippen LogP contribution < -0.4 is 24.3 Å². The molecule has 3 aromatic rings. The molecule has 1 fully saturated rings. The Morgan fingerprint density at radius 2 is 1.51 bits per heavy atom. The summed E-state index contributed by atoms with van der Waals surface area (Å²) in [6, 6.07) is 21.6. The van der Waals surface area contributed by atoms with Crippen molar-refractivity contribution in [2.75, 3.05) is 60.8 Å². The molecule has 4 rings (SSSR count). The Kier molecular flexibility index (Phi) is 13.4. The molecule has 1 aliphatic rings. The van der Waals surface area contributed by atoms with Gasteiger partial charge in [-0.2, -0.15) is 0 Å². The second-order valence-electron chi connectivity index (χ2n) is 10.4. The first-order chi connectivity index (χ1) is 21.1. The number of hydrogen-bond donors (Lipinski definition) is 2. The second kappa shape index (κ2) is 17.7. The summed E-state index contributed by atoms with van der Waals surface area (Å²) in [6.07, 6.45) is 0.785. The summed E-state index contributed by atoms with van der Waals surface area (Å²) in [5.74, 6) is 2.81. The first-order valence-corrected chi connectivity index (χ1v) is 14.8. The number of nitrogens with one attached hydrogen (secondary N) is 1. The van der Waals surface area contributed by atoms with Gasteiger partial charge in [-0.1, -0.05) is 36.4 Å². The van der Waals surface area contributed by atoms with Crippen molar-refractivity contribution in [1.82, 2.24) is 5.32 Å². The lowest BCUT2D eigenvalue weighted by molar-refractivity contribution is -0.0328. The highest BCUT2D eigenvalue weighted by atomic mass is 16.5. The molecule has 1 heterocycles. The number of para-hydroxylation sites is 1. The van der Waals surface area contributed by atoms with Crippen molar-refractivity contribution in [1.29, 1.82) is 0 Å². The van der Waals surface area contributed by atoms with Crippen LogP contribution in [-0.2, 0) is 27.4 Å². The number of benzene rings is 3. The lowest BCUT2D eigenvalue weighted by Crippen LogP contribution is -2.49. The maximum absolute atomic E-state index is 10.9. The van der Waals surface area contributed by atoms with Crippen LogP contribution in [0.1, 0.15) is 35.4 Å². The Balaban J connectivity index is 1.26. The predicted octanol–water partition coefficient (Wildman–Crippen LogP) is 4.74. The van der Waals surface area contributed by atoms with E-state index in [-0.39, 0.29) is 12.0 Å². The number of methoxy groups -OCH3 is 3. The van der Waals surface area contributed by atoms with Gasteiger partial charge in [0, 0.05) is 51.1 Å². The first-order valence-electron chi connectivity index (χ1n) is 14.8. The molecule has 0 amide bonds. The average molecular weight is 596 g/mol. The minimum Gasteiger partial charge on any atom is -0.496 e. The van der Waals surface area contributed by atoms with Crippen LogP contribution in [-0.4, -0.2) is 78.2 Å². The van der Waals surface area contributed by atoms with E-state index < -0.39 is 6.10 Å². The van der Waals surface area contributed by atoms with Crippen LogP contribution >= 0.6 is 0 Å². The molecule has 0 aliphatic carbocycles. The minimum atomic E-state index is -0.568. The first kappa shape index (κ1) is 32.6. The molecule has 0 bridgehead atoms. The Morgan fingerprint density at radius 1 is 0.744 bits per heavy atom. The Hall–Kier alpha value is -3.34. The van der Waals surface area contributed by atoms with Gasteiger partial charge in [0.1, 0.15) is 11.5 Å². The zero-order valence-corrected chi connectivity index (χ0v) is 25.5. The van der Waals surface area contributed by atoms with Gasteiger partial charge in [-0.05, 0) is 41.5 Å². The van der Waals surface area contributed by atoms with Gasteiger partial charge in [-0.15, -0.1) is 0 Å². The van der Waals surface area contributed by atoms with Gasteiger partial charge in [0.05, 0.1) is 59.5 Å². The third-order valence-electron chi connectivity index (χ3n) is 7.37. The minimum absolute atomic E-state index is 0.165. The molecule has 1 aliphatic heterocycles. The SMILES string of the molecule is COCCCOc1cc(CO[C@H]2CNC[C@@H](O)[C@@H]2c2ccc(OCCCOCc3ccccc3OC)cc2)ccc1OC. The number of aliphatic hydroxyl groups excluding tert-OH is 1. The number of piperidine rings is 1. The summed E-state index contributed by atoms with van der Waals surface area (Å²) in [4.78, 5) is 0. The Morgan fingerprint density at radius 3 is 2.30 bits per heavy atom. The van der Waals surface area contributed by atoms with E-state index in [2.05, 4.69) is 5.32 Å². The lowest BCUT2D eigenvalue weighted by atomic mass is 9.85. The van der Waals surface area contributed by atoms with E-state index in [0.717, 1.165) is 41.0 Å². The monoisotopic (exact) mass is 595 g/mol. The summed E-state index contributed by atoms with van der Waals surface area (Å²) in [5.41, 5.74) is 3.01. The van der Waals surface area contributed by atoms with Gasteiger partial charge >= 0.3 is 0 Å². The van der Waals surface area contributed by atoms with Crippen LogP contribution in [0.25, 0.3) is 0 Å². The molecule has 9 heteroatoms. The molecule has 9 nitrogen and oxygen atoms in total. The highest BCUT2D eigenvalue weighted by Crippen LogP contribution is 2.32. The molecule has 0 radical (unpaired) electrons. The molecule has 234 valence electrons. The maximum atomic E-state index is 10.9. The topological polar surface area (TPSA) is 96.9 Å². The average Bonchev–Trinajstić information content (AvgIpc) is 3.04. The van der Waals surface area contributed by atoms with Crippen LogP contribution in [0.5, 0.6) is 23.0 Å². The van der Waals surface area contributed by atoms with Crippen molar-refractivity contribution in [3.05, 3.63) is 83.4 Å². The van der Waals surface area contributed by atoms with Crippen molar-refractivity contribution in [3.8, 4) is 23.0 Å². The van der Waals surface area contributed by atoms with E-state index in [9.17, 15) is 5.11 Å². The number of β-amino-alcohol motifs (C(OH)–C–C–N with tert-alkyl or cyclic N) is 1. The molecule has 0 unspecified atom stereocenters.